The number of pyridine rings is 1. The summed E-state index contributed by atoms with van der Waals surface area (Å²) in [6.45, 7) is 4.26. The van der Waals surface area contributed by atoms with Crippen molar-refractivity contribution >= 4 is 0 Å². The fourth-order valence-electron chi connectivity index (χ4n) is 2.09. The maximum Gasteiger partial charge on any atom is 0.216 e. The smallest absolute Gasteiger partial charge is 0.216 e. The monoisotopic (exact) mass is 206 g/mol. The minimum absolute atomic E-state index is 0.739. The highest BCUT2D eigenvalue weighted by molar-refractivity contribution is 5.28. The Hall–Kier alpha value is -1.09. The predicted octanol–water partition coefficient (Wildman–Crippen LogP) is 1.55. The Morgan fingerprint density at radius 3 is 3.07 bits per heavy atom. The van der Waals surface area contributed by atoms with E-state index in [9.17, 15) is 0 Å². The number of nitrogens with one attached hydrogen (secondary N) is 1. The van der Waals surface area contributed by atoms with Crippen LogP contribution >= 0.6 is 0 Å². The van der Waals surface area contributed by atoms with Crippen LogP contribution in [0.4, 0.5) is 0 Å². The van der Waals surface area contributed by atoms with E-state index in [0.29, 0.717) is 0 Å². The topological polar surface area (TPSA) is 34.1 Å². The quantitative estimate of drug-likeness (QED) is 0.814. The molecular weight excluding hydrogens is 188 g/mol. The third-order valence-corrected chi connectivity index (χ3v) is 2.94. The lowest BCUT2D eigenvalue weighted by Crippen LogP contribution is -2.11. The zero-order valence-electron chi connectivity index (χ0n) is 9.42. The summed E-state index contributed by atoms with van der Waals surface area (Å²) in [5, 5.41) is 3.38. The number of aromatic nitrogens is 1. The third-order valence-electron chi connectivity index (χ3n) is 2.94. The Kier molecular flexibility index (Phi) is 3.21. The van der Waals surface area contributed by atoms with Gasteiger partial charge in [-0.15, -0.1) is 0 Å². The van der Waals surface area contributed by atoms with Crippen LogP contribution in [0.2, 0.25) is 0 Å². The molecule has 15 heavy (non-hydrogen) atoms. The van der Waals surface area contributed by atoms with Crippen molar-refractivity contribution in [3.63, 3.8) is 0 Å². The third kappa shape index (κ3) is 2.48. The number of rotatable bonds is 3. The van der Waals surface area contributed by atoms with Crippen molar-refractivity contribution in [2.24, 2.45) is 5.92 Å². The van der Waals surface area contributed by atoms with Gasteiger partial charge in [0.1, 0.15) is 0 Å². The largest absolute Gasteiger partial charge is 0.481 e. The van der Waals surface area contributed by atoms with Crippen molar-refractivity contribution < 1.29 is 4.74 Å². The summed E-state index contributed by atoms with van der Waals surface area (Å²) in [4.78, 5) is 4.39. The number of hydrogen-bond acceptors (Lipinski definition) is 3. The molecular formula is C12H18N2O. The van der Waals surface area contributed by atoms with Crippen LogP contribution in [0.3, 0.4) is 0 Å². The zero-order chi connectivity index (χ0) is 10.7. The van der Waals surface area contributed by atoms with E-state index in [1.807, 2.05) is 6.92 Å². The first-order valence-electron chi connectivity index (χ1n) is 5.51. The van der Waals surface area contributed by atoms with E-state index in [1.165, 1.54) is 12.0 Å². The Morgan fingerprint density at radius 1 is 1.53 bits per heavy atom. The molecule has 1 aliphatic heterocycles. The van der Waals surface area contributed by atoms with Gasteiger partial charge in [-0.25, -0.2) is 4.98 Å². The van der Waals surface area contributed by atoms with Gasteiger partial charge in [0.25, 0.3) is 0 Å². The van der Waals surface area contributed by atoms with Crippen molar-refractivity contribution in [1.29, 1.82) is 0 Å². The molecule has 0 amide bonds. The lowest BCUT2D eigenvalue weighted by atomic mass is 9.99. The maximum absolute atomic E-state index is 5.30. The highest BCUT2D eigenvalue weighted by Gasteiger charge is 2.17. The van der Waals surface area contributed by atoms with Gasteiger partial charge in [0.2, 0.25) is 5.88 Å². The van der Waals surface area contributed by atoms with Gasteiger partial charge in [0.15, 0.2) is 0 Å². The first-order chi connectivity index (χ1) is 7.29. The number of aryl methyl sites for hydroxylation is 1. The van der Waals surface area contributed by atoms with Crippen LogP contribution in [0.1, 0.15) is 17.7 Å². The Morgan fingerprint density at radius 2 is 2.40 bits per heavy atom. The molecule has 2 heterocycles. The van der Waals surface area contributed by atoms with E-state index in [0.717, 1.165) is 37.0 Å². The molecule has 0 aromatic carbocycles. The van der Waals surface area contributed by atoms with Gasteiger partial charge in [-0.2, -0.15) is 0 Å². The van der Waals surface area contributed by atoms with Crippen molar-refractivity contribution in [3.05, 3.63) is 23.4 Å². The second-order valence-corrected chi connectivity index (χ2v) is 4.18. The average molecular weight is 206 g/mol. The minimum atomic E-state index is 0.739. The van der Waals surface area contributed by atoms with Crippen LogP contribution in [0.25, 0.3) is 0 Å². The van der Waals surface area contributed by atoms with Gasteiger partial charge in [0.05, 0.1) is 7.11 Å². The second-order valence-electron chi connectivity index (χ2n) is 4.18. The zero-order valence-corrected chi connectivity index (χ0v) is 9.42. The Bertz CT molecular complexity index is 332. The molecule has 1 unspecified atom stereocenters. The first kappa shape index (κ1) is 10.4. The summed E-state index contributed by atoms with van der Waals surface area (Å²) >= 11 is 0. The van der Waals surface area contributed by atoms with Crippen LogP contribution in [-0.2, 0) is 6.42 Å². The van der Waals surface area contributed by atoms with Crippen LogP contribution in [0.5, 0.6) is 5.88 Å². The molecule has 0 saturated carbocycles. The summed E-state index contributed by atoms with van der Waals surface area (Å²) in [5.74, 6) is 1.53. The molecule has 1 saturated heterocycles. The number of ether oxygens (including phenoxy) is 1. The molecule has 1 aromatic heterocycles. The SMILES string of the molecule is COc1nc(C)ccc1CC1CCNC1. The highest BCUT2D eigenvalue weighted by atomic mass is 16.5. The minimum Gasteiger partial charge on any atom is -0.481 e. The van der Waals surface area contributed by atoms with Crippen molar-refractivity contribution in [2.75, 3.05) is 20.2 Å². The molecule has 0 aliphatic carbocycles. The van der Waals surface area contributed by atoms with Gasteiger partial charge in [-0.1, -0.05) is 6.07 Å². The van der Waals surface area contributed by atoms with Gasteiger partial charge < -0.3 is 10.1 Å². The van der Waals surface area contributed by atoms with Crippen molar-refractivity contribution in [2.45, 2.75) is 19.8 Å². The van der Waals surface area contributed by atoms with Crippen molar-refractivity contribution in [1.82, 2.24) is 10.3 Å². The number of nitrogens with zero attached hydrogens (tertiary/aromatic N) is 1. The second kappa shape index (κ2) is 4.62. The predicted molar refractivity (Wildman–Crippen MR) is 60.2 cm³/mol. The fourth-order valence-corrected chi connectivity index (χ4v) is 2.09. The van der Waals surface area contributed by atoms with E-state index >= 15 is 0 Å². The van der Waals surface area contributed by atoms with E-state index in [2.05, 4.69) is 22.4 Å². The van der Waals surface area contributed by atoms with Crippen LogP contribution in [-0.4, -0.2) is 25.2 Å². The summed E-state index contributed by atoms with van der Waals surface area (Å²) in [6.07, 6.45) is 2.33. The lowest BCUT2D eigenvalue weighted by molar-refractivity contribution is 0.387. The van der Waals surface area contributed by atoms with Crippen LogP contribution in [0, 0.1) is 12.8 Å². The molecule has 0 spiro atoms. The van der Waals surface area contributed by atoms with Crippen molar-refractivity contribution in [3.8, 4) is 5.88 Å². The standard InChI is InChI=1S/C12H18N2O/c1-9-3-4-11(12(14-9)15-2)7-10-5-6-13-8-10/h3-4,10,13H,5-8H2,1-2H3. The van der Waals surface area contributed by atoms with E-state index in [4.69, 9.17) is 4.74 Å². The number of methoxy groups -OCH3 is 1. The first-order valence-corrected chi connectivity index (χ1v) is 5.51. The van der Waals surface area contributed by atoms with E-state index in [-0.39, 0.29) is 0 Å². The molecule has 1 aromatic rings. The Labute approximate surface area is 90.9 Å². The summed E-state index contributed by atoms with van der Waals surface area (Å²) < 4.78 is 5.30. The molecule has 1 aliphatic rings. The Balaban J connectivity index is 2.12. The van der Waals surface area contributed by atoms with E-state index < -0.39 is 0 Å². The summed E-state index contributed by atoms with van der Waals surface area (Å²) in [7, 11) is 1.69. The summed E-state index contributed by atoms with van der Waals surface area (Å²) in [6, 6.07) is 4.19. The van der Waals surface area contributed by atoms with Gasteiger partial charge in [-0.3, -0.25) is 0 Å². The molecule has 0 radical (unpaired) electrons. The molecule has 3 heteroatoms. The molecule has 3 nitrogen and oxygen atoms in total. The molecule has 1 atom stereocenters. The molecule has 2 rings (SSSR count). The van der Waals surface area contributed by atoms with Gasteiger partial charge in [0, 0.05) is 11.3 Å². The maximum atomic E-state index is 5.30. The molecule has 82 valence electrons. The molecule has 1 fully saturated rings. The average Bonchev–Trinajstić information content (AvgIpc) is 2.73. The summed E-state index contributed by atoms with van der Waals surface area (Å²) in [5.41, 5.74) is 2.25. The highest BCUT2D eigenvalue weighted by Crippen LogP contribution is 2.22. The normalized spacial score (nSPS) is 20.5. The fraction of sp³-hybridized carbons (Fsp3) is 0.583. The number of hydrogen-bond donors (Lipinski definition) is 1. The van der Waals surface area contributed by atoms with Crippen LogP contribution in [0.15, 0.2) is 12.1 Å². The molecule has 1 N–H and O–H groups in total. The van der Waals surface area contributed by atoms with Gasteiger partial charge >= 0.3 is 0 Å². The van der Waals surface area contributed by atoms with E-state index in [1.54, 1.807) is 7.11 Å². The lowest BCUT2D eigenvalue weighted by Gasteiger charge is -2.11. The molecule has 0 bridgehead atoms. The van der Waals surface area contributed by atoms with Gasteiger partial charge in [-0.05, 0) is 44.8 Å². The van der Waals surface area contributed by atoms with Crippen LogP contribution < -0.4 is 10.1 Å².